The number of nitrogens with zero attached hydrogens (tertiary/aromatic N) is 2. The van der Waals surface area contributed by atoms with Crippen molar-refractivity contribution < 1.29 is 27.4 Å². The summed E-state index contributed by atoms with van der Waals surface area (Å²) >= 11 is 1.42. The highest BCUT2D eigenvalue weighted by molar-refractivity contribution is 7.13. The maximum absolute atomic E-state index is 13.3. The first kappa shape index (κ1) is 24.1. The smallest absolute Gasteiger partial charge is 0.416 e. The van der Waals surface area contributed by atoms with E-state index in [1.54, 1.807) is 38.2 Å². The zero-order chi connectivity index (χ0) is 24.5. The molecule has 1 atom stereocenters. The first-order chi connectivity index (χ1) is 16.2. The lowest BCUT2D eigenvalue weighted by Gasteiger charge is -2.30. The summed E-state index contributed by atoms with van der Waals surface area (Å²) in [6.07, 6.45) is -2.64. The average molecular weight is 491 g/mol. The molecule has 3 aromatic rings. The Kier molecular flexibility index (Phi) is 6.84. The van der Waals surface area contributed by atoms with E-state index < -0.39 is 17.8 Å². The van der Waals surface area contributed by atoms with Crippen molar-refractivity contribution in [2.45, 2.75) is 44.4 Å². The largest absolute Gasteiger partial charge is 0.493 e. The van der Waals surface area contributed by atoms with Crippen LogP contribution in [0.5, 0.6) is 11.5 Å². The van der Waals surface area contributed by atoms with Crippen LogP contribution in [0.2, 0.25) is 0 Å². The van der Waals surface area contributed by atoms with Crippen LogP contribution in [0.15, 0.2) is 47.8 Å². The van der Waals surface area contributed by atoms with Crippen LogP contribution in [-0.4, -0.2) is 36.1 Å². The lowest BCUT2D eigenvalue weighted by molar-refractivity contribution is -0.137. The Hall–Kier alpha value is -3.07. The number of hydrogen-bond acceptors (Lipinski definition) is 5. The number of ether oxygens (including phenoxy) is 2. The minimum absolute atomic E-state index is 0.0426. The van der Waals surface area contributed by atoms with Gasteiger partial charge < -0.3 is 14.4 Å². The molecule has 1 heterocycles. The van der Waals surface area contributed by atoms with E-state index in [4.69, 9.17) is 9.47 Å². The molecule has 0 aliphatic heterocycles. The molecular weight excluding hydrogens is 465 g/mol. The third kappa shape index (κ3) is 5.19. The number of methoxy groups -OCH3 is 2. The van der Waals surface area contributed by atoms with Crippen LogP contribution >= 0.6 is 11.3 Å². The van der Waals surface area contributed by atoms with Gasteiger partial charge in [-0.05, 0) is 55.7 Å². The summed E-state index contributed by atoms with van der Waals surface area (Å²) in [5.41, 5.74) is 1.23. The lowest BCUT2D eigenvalue weighted by atomic mass is 10.0. The van der Waals surface area contributed by atoms with Crippen LogP contribution in [-0.2, 0) is 17.4 Å². The summed E-state index contributed by atoms with van der Waals surface area (Å²) in [6.45, 7) is 1.78. The molecule has 1 aromatic heterocycles. The zero-order valence-electron chi connectivity index (χ0n) is 19.1. The van der Waals surface area contributed by atoms with E-state index in [2.05, 4.69) is 4.98 Å². The van der Waals surface area contributed by atoms with Crippen LogP contribution in [0.25, 0.3) is 10.6 Å². The minimum Gasteiger partial charge on any atom is -0.493 e. The van der Waals surface area contributed by atoms with Crippen LogP contribution in [0, 0.1) is 0 Å². The van der Waals surface area contributed by atoms with Gasteiger partial charge in [0, 0.05) is 17.0 Å². The van der Waals surface area contributed by atoms with Gasteiger partial charge >= 0.3 is 6.18 Å². The van der Waals surface area contributed by atoms with Crippen molar-refractivity contribution in [3.63, 3.8) is 0 Å². The second-order valence-electron chi connectivity index (χ2n) is 8.22. The van der Waals surface area contributed by atoms with Crippen LogP contribution in [0.3, 0.4) is 0 Å². The van der Waals surface area contributed by atoms with Gasteiger partial charge in [0.1, 0.15) is 5.01 Å². The van der Waals surface area contributed by atoms with Crippen LogP contribution < -0.4 is 9.47 Å². The van der Waals surface area contributed by atoms with Crippen LogP contribution in [0.1, 0.15) is 42.6 Å². The number of aromatic nitrogens is 1. The van der Waals surface area contributed by atoms with Gasteiger partial charge in [0.15, 0.2) is 11.5 Å². The van der Waals surface area contributed by atoms with E-state index in [-0.39, 0.29) is 18.4 Å². The molecule has 1 fully saturated rings. The summed E-state index contributed by atoms with van der Waals surface area (Å²) in [5.74, 6) is 1.06. The Bertz CT molecular complexity index is 1170. The van der Waals surface area contributed by atoms with Gasteiger partial charge in [0.25, 0.3) is 0 Å². The number of amides is 1. The van der Waals surface area contributed by atoms with Gasteiger partial charge in [-0.1, -0.05) is 12.1 Å². The SMILES string of the molecule is COc1ccc(-c2nc(CC(=O)N(C3CC3)C(C)c3cccc(C(F)(F)F)c3)cs2)cc1OC. The molecule has 180 valence electrons. The van der Waals surface area contributed by atoms with Crippen molar-refractivity contribution >= 4 is 17.2 Å². The Labute approximate surface area is 200 Å². The normalized spacial score (nSPS) is 14.5. The molecule has 2 aromatic carbocycles. The van der Waals surface area contributed by atoms with Crippen molar-refractivity contribution in [3.05, 3.63) is 64.7 Å². The van der Waals surface area contributed by atoms with Crippen molar-refractivity contribution in [2.24, 2.45) is 0 Å². The van der Waals surface area contributed by atoms with Gasteiger partial charge in [-0.3, -0.25) is 4.79 Å². The third-order valence-electron chi connectivity index (χ3n) is 5.86. The molecule has 1 amide bonds. The van der Waals surface area contributed by atoms with E-state index in [0.29, 0.717) is 22.8 Å². The number of carbonyl (C=O) groups is 1. The standard InChI is InChI=1S/C25H25F3N2O3S/c1-15(16-5-4-6-18(11-16)25(26,27)28)30(20-8-9-20)23(31)13-19-14-34-24(29-19)17-7-10-21(32-2)22(12-17)33-3/h4-7,10-12,14-15,20H,8-9,13H2,1-3H3. The number of benzene rings is 2. The second kappa shape index (κ2) is 9.66. The molecule has 0 spiro atoms. The van der Waals surface area contributed by atoms with Gasteiger partial charge in [-0.15, -0.1) is 11.3 Å². The van der Waals surface area contributed by atoms with Crippen LogP contribution in [0.4, 0.5) is 13.2 Å². The fourth-order valence-electron chi connectivity index (χ4n) is 3.96. The summed E-state index contributed by atoms with van der Waals surface area (Å²) < 4.78 is 50.2. The predicted octanol–water partition coefficient (Wildman–Crippen LogP) is 6.14. The Balaban J connectivity index is 1.52. The Morgan fingerprint density at radius 1 is 1.15 bits per heavy atom. The number of halogens is 3. The maximum Gasteiger partial charge on any atom is 0.416 e. The lowest BCUT2D eigenvalue weighted by Crippen LogP contribution is -2.36. The highest BCUT2D eigenvalue weighted by atomic mass is 32.1. The molecule has 0 bridgehead atoms. The number of rotatable bonds is 8. The first-order valence-corrected chi connectivity index (χ1v) is 11.7. The zero-order valence-corrected chi connectivity index (χ0v) is 19.9. The van der Waals surface area contributed by atoms with E-state index in [0.717, 1.165) is 35.5 Å². The average Bonchev–Trinajstić information content (AvgIpc) is 3.54. The molecule has 1 saturated carbocycles. The molecule has 0 N–H and O–H groups in total. The van der Waals surface area contributed by atoms with Gasteiger partial charge in [0.2, 0.25) is 5.91 Å². The quantitative estimate of drug-likeness (QED) is 0.381. The van der Waals surface area contributed by atoms with E-state index in [9.17, 15) is 18.0 Å². The van der Waals surface area contributed by atoms with Gasteiger partial charge in [-0.25, -0.2) is 4.98 Å². The fourth-order valence-corrected chi connectivity index (χ4v) is 4.78. The molecule has 0 saturated heterocycles. The molecule has 9 heteroatoms. The Morgan fingerprint density at radius 3 is 2.53 bits per heavy atom. The molecule has 5 nitrogen and oxygen atoms in total. The number of hydrogen-bond donors (Lipinski definition) is 0. The van der Waals surface area contributed by atoms with E-state index in [1.165, 1.54) is 17.4 Å². The van der Waals surface area contributed by atoms with Crippen molar-refractivity contribution in [3.8, 4) is 22.1 Å². The predicted molar refractivity (Wildman–Crippen MR) is 124 cm³/mol. The Morgan fingerprint density at radius 2 is 1.88 bits per heavy atom. The monoisotopic (exact) mass is 490 g/mol. The number of alkyl halides is 3. The maximum atomic E-state index is 13.3. The molecular formula is C25H25F3N2O3S. The topological polar surface area (TPSA) is 51.7 Å². The molecule has 34 heavy (non-hydrogen) atoms. The molecule has 1 aliphatic rings. The molecule has 0 radical (unpaired) electrons. The van der Waals surface area contributed by atoms with E-state index >= 15 is 0 Å². The molecule has 4 rings (SSSR count). The molecule has 1 aliphatic carbocycles. The van der Waals surface area contributed by atoms with Crippen molar-refractivity contribution in [1.29, 1.82) is 0 Å². The van der Waals surface area contributed by atoms with Gasteiger partial charge in [-0.2, -0.15) is 13.2 Å². The van der Waals surface area contributed by atoms with Crippen molar-refractivity contribution in [2.75, 3.05) is 14.2 Å². The number of thiazole rings is 1. The summed E-state index contributed by atoms with van der Waals surface area (Å²) in [4.78, 5) is 19.6. The molecule has 1 unspecified atom stereocenters. The highest BCUT2D eigenvalue weighted by Crippen LogP contribution is 2.38. The third-order valence-corrected chi connectivity index (χ3v) is 6.80. The summed E-state index contributed by atoms with van der Waals surface area (Å²) in [5, 5.41) is 2.58. The fraction of sp³-hybridized carbons (Fsp3) is 0.360. The highest BCUT2D eigenvalue weighted by Gasteiger charge is 2.37. The first-order valence-electron chi connectivity index (χ1n) is 10.9. The minimum atomic E-state index is -4.43. The second-order valence-corrected chi connectivity index (χ2v) is 9.08. The summed E-state index contributed by atoms with van der Waals surface area (Å²) in [6, 6.07) is 10.3. The van der Waals surface area contributed by atoms with Crippen molar-refractivity contribution in [1.82, 2.24) is 9.88 Å². The summed E-state index contributed by atoms with van der Waals surface area (Å²) in [7, 11) is 3.13. The number of carbonyl (C=O) groups excluding carboxylic acids is 1. The van der Waals surface area contributed by atoms with E-state index in [1.807, 2.05) is 17.5 Å². The van der Waals surface area contributed by atoms with Gasteiger partial charge in [0.05, 0.1) is 37.9 Å².